The van der Waals surface area contributed by atoms with Gasteiger partial charge in [-0.05, 0) is 60.5 Å². The van der Waals surface area contributed by atoms with Crippen molar-refractivity contribution in [2.75, 3.05) is 24.6 Å². The van der Waals surface area contributed by atoms with Crippen LogP contribution in [0.15, 0.2) is 30.5 Å². The molecule has 8 nitrogen and oxygen atoms in total. The number of aromatic amines is 1. The summed E-state index contributed by atoms with van der Waals surface area (Å²) in [6, 6.07) is 8.16. The van der Waals surface area contributed by atoms with Crippen LogP contribution >= 0.6 is 0 Å². The molecule has 1 aromatic heterocycles. The molecular formula is C24H25F3N4O4S. The number of nitrogens with one attached hydrogen (secondary N) is 2. The van der Waals surface area contributed by atoms with Crippen LogP contribution in [0.4, 0.5) is 13.2 Å². The molecule has 0 atom stereocenters. The number of hydrogen-bond donors (Lipinski definition) is 2. The number of hydrogen-bond acceptors (Lipinski definition) is 7. The molecule has 0 unspecified atom stereocenters. The van der Waals surface area contributed by atoms with E-state index in [0.717, 1.165) is 42.6 Å². The predicted molar refractivity (Wildman–Crippen MR) is 126 cm³/mol. The van der Waals surface area contributed by atoms with Crippen molar-refractivity contribution in [1.29, 1.82) is 5.26 Å². The first-order valence-corrected chi connectivity index (χ1v) is 13.1. The molecule has 1 saturated heterocycles. The van der Waals surface area contributed by atoms with E-state index in [9.17, 15) is 26.4 Å². The quantitative estimate of drug-likeness (QED) is 0.455. The summed E-state index contributed by atoms with van der Waals surface area (Å²) in [7, 11) is -3.03. The van der Waals surface area contributed by atoms with E-state index in [2.05, 4.69) is 27.4 Å². The van der Waals surface area contributed by atoms with E-state index in [4.69, 9.17) is 10.1 Å². The number of piperidine rings is 1. The summed E-state index contributed by atoms with van der Waals surface area (Å²) < 4.78 is 55.0. The Kier molecular flexibility index (Phi) is 8.81. The average molecular weight is 523 g/mol. The average Bonchev–Trinajstić information content (AvgIpc) is 3.35. The number of Topliss-reactive ketones (excluding diaryl/α,β-unsaturated/α-hetero) is 1. The van der Waals surface area contributed by atoms with Gasteiger partial charge in [0.15, 0.2) is 15.7 Å². The standard InChI is InChI=1S/C22H24N4O3S.C2HF3O/c23-13-19-14-25-22(26-19)21(27)12-18-2-1-17(15-3-7-24-8-4-15)11-20(18)16-5-9-30(28,29)10-6-16;3-2(4,5)1-6/h1-2,5,11,14-15,24H,3-4,6-10,12H2,(H,25,26);1H. The van der Waals surface area contributed by atoms with E-state index < -0.39 is 22.3 Å². The number of benzene rings is 1. The van der Waals surface area contributed by atoms with Crippen molar-refractivity contribution in [3.8, 4) is 6.07 Å². The number of aromatic nitrogens is 2. The summed E-state index contributed by atoms with van der Waals surface area (Å²) in [4.78, 5) is 28.2. The topological polar surface area (TPSA) is 133 Å². The molecule has 0 spiro atoms. The number of imidazole rings is 1. The van der Waals surface area contributed by atoms with Crippen LogP contribution in [-0.4, -0.2) is 61.2 Å². The van der Waals surface area contributed by atoms with Crippen molar-refractivity contribution in [3.63, 3.8) is 0 Å². The maximum Gasteiger partial charge on any atom is 0.446 e. The van der Waals surface area contributed by atoms with E-state index in [1.54, 1.807) is 6.08 Å². The fraction of sp³-hybridized carbons (Fsp3) is 0.417. The Labute approximate surface area is 206 Å². The van der Waals surface area contributed by atoms with Gasteiger partial charge in [0.05, 0.1) is 17.7 Å². The number of ketones is 1. The largest absolute Gasteiger partial charge is 0.446 e. The SMILES string of the molecule is N#Cc1cnc(C(=O)Cc2ccc(C3CCNCC3)cc2C2=CCS(=O)(=O)CC2)[nH]1.O=CC(F)(F)F. The van der Waals surface area contributed by atoms with Crippen LogP contribution in [-0.2, 0) is 21.1 Å². The van der Waals surface area contributed by atoms with Crippen LogP contribution in [0.5, 0.6) is 0 Å². The van der Waals surface area contributed by atoms with Crippen molar-refractivity contribution < 1.29 is 31.2 Å². The molecule has 0 aliphatic carbocycles. The number of carbonyl (C=O) groups is 2. The summed E-state index contributed by atoms with van der Waals surface area (Å²) >= 11 is 0. The highest BCUT2D eigenvalue weighted by atomic mass is 32.2. The van der Waals surface area contributed by atoms with Crippen molar-refractivity contribution in [2.24, 2.45) is 0 Å². The summed E-state index contributed by atoms with van der Waals surface area (Å²) in [6.45, 7) is 1.97. The Morgan fingerprint density at radius 1 is 1.25 bits per heavy atom. The first kappa shape index (κ1) is 27.3. The smallest absolute Gasteiger partial charge is 0.327 e. The molecular weight excluding hydrogens is 497 g/mol. The van der Waals surface area contributed by atoms with Crippen LogP contribution in [0, 0.1) is 11.3 Å². The van der Waals surface area contributed by atoms with Gasteiger partial charge in [-0.25, -0.2) is 13.4 Å². The van der Waals surface area contributed by atoms with Gasteiger partial charge in [-0.3, -0.25) is 9.59 Å². The molecule has 1 fully saturated rings. The number of nitriles is 1. The number of carbonyl (C=O) groups excluding carboxylic acids is 2. The van der Waals surface area contributed by atoms with E-state index in [1.807, 2.05) is 12.1 Å². The second-order valence-electron chi connectivity index (χ2n) is 8.55. The maximum absolute atomic E-state index is 12.7. The summed E-state index contributed by atoms with van der Waals surface area (Å²) in [5, 5.41) is 12.3. The Morgan fingerprint density at radius 2 is 1.94 bits per heavy atom. The number of halogens is 3. The normalized spacial score (nSPS) is 17.8. The Morgan fingerprint density at radius 3 is 2.50 bits per heavy atom. The highest BCUT2D eigenvalue weighted by molar-refractivity contribution is 7.91. The third-order valence-corrected chi connectivity index (χ3v) is 7.50. The van der Waals surface area contributed by atoms with Gasteiger partial charge in [-0.1, -0.05) is 24.3 Å². The minimum atomic E-state index is -4.64. The third-order valence-electron chi connectivity index (χ3n) is 6.00. The van der Waals surface area contributed by atoms with E-state index in [1.165, 1.54) is 11.8 Å². The van der Waals surface area contributed by atoms with Crippen molar-refractivity contribution in [3.05, 3.63) is 58.7 Å². The number of sulfone groups is 1. The van der Waals surface area contributed by atoms with Crippen LogP contribution in [0.3, 0.4) is 0 Å². The molecule has 3 heterocycles. The highest BCUT2D eigenvalue weighted by Crippen LogP contribution is 2.32. The van der Waals surface area contributed by atoms with Gasteiger partial charge in [0.25, 0.3) is 0 Å². The third kappa shape index (κ3) is 7.60. The zero-order valence-electron chi connectivity index (χ0n) is 19.3. The van der Waals surface area contributed by atoms with Crippen LogP contribution in [0.2, 0.25) is 0 Å². The van der Waals surface area contributed by atoms with E-state index >= 15 is 0 Å². The van der Waals surface area contributed by atoms with Crippen molar-refractivity contribution >= 4 is 27.5 Å². The summed E-state index contributed by atoms with van der Waals surface area (Å²) in [5.41, 5.74) is 4.29. The minimum Gasteiger partial charge on any atom is -0.327 e. The number of rotatable bonds is 5. The molecule has 1 aromatic carbocycles. The van der Waals surface area contributed by atoms with Gasteiger partial charge in [-0.15, -0.1) is 0 Å². The summed E-state index contributed by atoms with van der Waals surface area (Å²) in [6.07, 6.45) is 0.163. The lowest BCUT2D eigenvalue weighted by Gasteiger charge is -2.25. The number of H-pyrrole nitrogens is 1. The van der Waals surface area contributed by atoms with Gasteiger partial charge >= 0.3 is 6.18 Å². The Hall–Kier alpha value is -3.30. The minimum absolute atomic E-state index is 0.0387. The number of allylic oxidation sites excluding steroid dienone is 1. The molecule has 0 bridgehead atoms. The maximum atomic E-state index is 12.7. The first-order valence-electron chi connectivity index (χ1n) is 11.3. The molecule has 4 rings (SSSR count). The Balaban J connectivity index is 0.000000538. The number of aldehydes is 1. The van der Waals surface area contributed by atoms with Crippen LogP contribution < -0.4 is 5.32 Å². The second-order valence-corrected chi connectivity index (χ2v) is 10.8. The molecule has 36 heavy (non-hydrogen) atoms. The van der Waals surface area contributed by atoms with Gasteiger partial charge in [0.1, 0.15) is 11.8 Å². The van der Waals surface area contributed by atoms with Crippen LogP contribution in [0.1, 0.15) is 58.2 Å². The molecule has 2 N–H and O–H groups in total. The molecule has 0 saturated carbocycles. The fourth-order valence-electron chi connectivity index (χ4n) is 4.16. The van der Waals surface area contributed by atoms with Crippen molar-refractivity contribution in [2.45, 2.75) is 37.8 Å². The summed E-state index contributed by atoms with van der Waals surface area (Å²) in [5.74, 6) is 0.604. The molecule has 2 aliphatic rings. The lowest BCUT2D eigenvalue weighted by Crippen LogP contribution is -2.26. The van der Waals surface area contributed by atoms with Crippen LogP contribution in [0.25, 0.3) is 5.57 Å². The molecule has 192 valence electrons. The van der Waals surface area contributed by atoms with E-state index in [-0.39, 0.29) is 35.2 Å². The molecule has 0 amide bonds. The molecule has 0 radical (unpaired) electrons. The van der Waals surface area contributed by atoms with Gasteiger partial charge in [0, 0.05) is 6.42 Å². The number of nitrogens with zero attached hydrogens (tertiary/aromatic N) is 2. The molecule has 2 aliphatic heterocycles. The Bertz CT molecular complexity index is 1290. The monoisotopic (exact) mass is 522 g/mol. The van der Waals surface area contributed by atoms with Crippen molar-refractivity contribution in [1.82, 2.24) is 15.3 Å². The molecule has 2 aromatic rings. The fourth-order valence-corrected chi connectivity index (χ4v) is 5.31. The zero-order chi connectivity index (χ0) is 26.3. The predicted octanol–water partition coefficient (Wildman–Crippen LogP) is 3.12. The van der Waals surface area contributed by atoms with Gasteiger partial charge in [0.2, 0.25) is 12.1 Å². The lowest BCUT2D eigenvalue weighted by molar-refractivity contribution is -0.156. The highest BCUT2D eigenvalue weighted by Gasteiger charge is 2.25. The zero-order valence-corrected chi connectivity index (χ0v) is 20.1. The van der Waals surface area contributed by atoms with E-state index in [0.29, 0.717) is 12.3 Å². The first-order chi connectivity index (χ1) is 17.0. The lowest BCUT2D eigenvalue weighted by atomic mass is 9.85. The van der Waals surface area contributed by atoms with Gasteiger partial charge < -0.3 is 10.3 Å². The van der Waals surface area contributed by atoms with Gasteiger partial charge in [-0.2, -0.15) is 18.4 Å². The molecule has 12 heteroatoms. The second kappa shape index (κ2) is 11.6. The number of alkyl halides is 3.